The van der Waals surface area contributed by atoms with Crippen molar-refractivity contribution in [1.29, 1.82) is 0 Å². The first kappa shape index (κ1) is 17.1. The molecule has 0 saturated heterocycles. The maximum absolute atomic E-state index is 12.4. The minimum Gasteiger partial charge on any atom is -0.463 e. The molecule has 26 heavy (non-hydrogen) atoms. The molecule has 0 saturated carbocycles. The van der Waals surface area contributed by atoms with Crippen LogP contribution in [0, 0.1) is 10.1 Å². The van der Waals surface area contributed by atoms with Gasteiger partial charge in [-0.15, -0.1) is 0 Å². The van der Waals surface area contributed by atoms with Crippen LogP contribution in [0.25, 0.3) is 11.5 Å². The second-order valence-corrected chi connectivity index (χ2v) is 5.45. The highest BCUT2D eigenvalue weighted by Crippen LogP contribution is 2.18. The Hall–Kier alpha value is -3.75. The smallest absolute Gasteiger partial charge is 0.269 e. The average molecular weight is 354 g/mol. The molecule has 1 aromatic carbocycles. The number of rotatable bonds is 5. The molecule has 0 fully saturated rings. The number of nitro benzene ring substituents is 1. The summed E-state index contributed by atoms with van der Waals surface area (Å²) in [5.74, 6) is -0.00762. The summed E-state index contributed by atoms with van der Waals surface area (Å²) in [6.45, 7) is 1.53. The Morgan fingerprint density at radius 1 is 1.23 bits per heavy atom. The number of benzene rings is 1. The number of non-ortho nitro benzene ring substituents is 1. The van der Waals surface area contributed by atoms with Crippen molar-refractivity contribution in [1.82, 2.24) is 9.78 Å². The quantitative estimate of drug-likeness (QED) is 0.555. The second kappa shape index (κ2) is 7.01. The normalized spacial score (nSPS) is 11.7. The Bertz CT molecular complexity index is 993. The second-order valence-electron chi connectivity index (χ2n) is 5.45. The predicted octanol–water partition coefficient (Wildman–Crippen LogP) is 2.61. The largest absolute Gasteiger partial charge is 0.463 e. The van der Waals surface area contributed by atoms with Crippen molar-refractivity contribution in [2.45, 2.75) is 13.0 Å². The standard InChI is InChI=1S/C17H14N4O5/c1-11(17(23)18-12-4-6-13(7-5-12)21(24)25)20-16(22)9-8-14(19-20)15-3-2-10-26-15/h2-11H,1H3,(H,18,23). The average Bonchev–Trinajstić information content (AvgIpc) is 3.16. The molecule has 1 N–H and O–H groups in total. The molecule has 1 atom stereocenters. The van der Waals surface area contributed by atoms with Gasteiger partial charge < -0.3 is 9.73 Å². The maximum Gasteiger partial charge on any atom is 0.269 e. The number of aromatic nitrogens is 2. The van der Waals surface area contributed by atoms with Gasteiger partial charge in [-0.3, -0.25) is 19.7 Å². The van der Waals surface area contributed by atoms with E-state index in [9.17, 15) is 19.7 Å². The third-order valence-electron chi connectivity index (χ3n) is 3.69. The first-order chi connectivity index (χ1) is 12.5. The molecule has 3 rings (SSSR count). The van der Waals surface area contributed by atoms with Crippen LogP contribution in [-0.4, -0.2) is 20.6 Å². The van der Waals surface area contributed by atoms with Gasteiger partial charge in [0.2, 0.25) is 5.91 Å². The van der Waals surface area contributed by atoms with Crippen LogP contribution in [0.3, 0.4) is 0 Å². The van der Waals surface area contributed by atoms with Crippen molar-refractivity contribution in [2.24, 2.45) is 0 Å². The van der Waals surface area contributed by atoms with Gasteiger partial charge in [-0.1, -0.05) is 0 Å². The SMILES string of the molecule is CC(C(=O)Nc1ccc([N+](=O)[O-])cc1)n1nc(-c2ccco2)ccc1=O. The zero-order chi connectivity index (χ0) is 18.7. The Morgan fingerprint density at radius 3 is 2.58 bits per heavy atom. The fourth-order valence-electron chi connectivity index (χ4n) is 2.28. The lowest BCUT2D eigenvalue weighted by atomic mass is 10.2. The fourth-order valence-corrected chi connectivity index (χ4v) is 2.28. The summed E-state index contributed by atoms with van der Waals surface area (Å²) in [5.41, 5.74) is 0.277. The van der Waals surface area contributed by atoms with Gasteiger partial charge in [0.25, 0.3) is 11.2 Å². The van der Waals surface area contributed by atoms with Crippen LogP contribution in [0.5, 0.6) is 0 Å². The molecule has 3 aromatic rings. The first-order valence-corrected chi connectivity index (χ1v) is 7.65. The van der Waals surface area contributed by atoms with E-state index in [4.69, 9.17) is 4.42 Å². The van der Waals surface area contributed by atoms with E-state index in [1.54, 1.807) is 12.1 Å². The number of nitrogens with zero attached hydrogens (tertiary/aromatic N) is 3. The van der Waals surface area contributed by atoms with Gasteiger partial charge in [-0.25, -0.2) is 4.68 Å². The molecule has 2 aromatic heterocycles. The van der Waals surface area contributed by atoms with Crippen LogP contribution >= 0.6 is 0 Å². The van der Waals surface area contributed by atoms with Crippen LogP contribution in [0.15, 0.2) is 64.0 Å². The predicted molar refractivity (Wildman–Crippen MR) is 92.6 cm³/mol. The first-order valence-electron chi connectivity index (χ1n) is 7.65. The Morgan fingerprint density at radius 2 is 1.96 bits per heavy atom. The van der Waals surface area contributed by atoms with E-state index in [0.29, 0.717) is 17.1 Å². The number of hydrogen-bond donors (Lipinski definition) is 1. The molecule has 0 aliphatic rings. The Labute approximate surface area is 147 Å². The molecular weight excluding hydrogens is 340 g/mol. The molecule has 0 aliphatic carbocycles. The summed E-state index contributed by atoms with van der Waals surface area (Å²) >= 11 is 0. The molecular formula is C17H14N4O5. The monoisotopic (exact) mass is 354 g/mol. The van der Waals surface area contributed by atoms with Crippen molar-refractivity contribution < 1.29 is 14.1 Å². The summed E-state index contributed by atoms with van der Waals surface area (Å²) in [6.07, 6.45) is 1.48. The van der Waals surface area contributed by atoms with Gasteiger partial charge in [0.15, 0.2) is 5.76 Å². The summed E-state index contributed by atoms with van der Waals surface area (Å²) in [7, 11) is 0. The highest BCUT2D eigenvalue weighted by Gasteiger charge is 2.19. The van der Waals surface area contributed by atoms with Crippen LogP contribution in [0.2, 0.25) is 0 Å². The van der Waals surface area contributed by atoms with E-state index >= 15 is 0 Å². The van der Waals surface area contributed by atoms with E-state index in [-0.39, 0.29) is 5.69 Å². The zero-order valence-electron chi connectivity index (χ0n) is 13.7. The van der Waals surface area contributed by atoms with E-state index in [2.05, 4.69) is 10.4 Å². The van der Waals surface area contributed by atoms with Crippen molar-refractivity contribution >= 4 is 17.3 Å². The lowest BCUT2D eigenvalue weighted by Crippen LogP contribution is -2.33. The summed E-state index contributed by atoms with van der Waals surface area (Å²) < 4.78 is 6.30. The van der Waals surface area contributed by atoms with Crippen LogP contribution in [-0.2, 0) is 4.79 Å². The number of anilines is 1. The number of hydrogen-bond acceptors (Lipinski definition) is 6. The van der Waals surface area contributed by atoms with Crippen LogP contribution in [0.1, 0.15) is 13.0 Å². The third kappa shape index (κ3) is 3.51. The Balaban J connectivity index is 1.81. The molecule has 2 heterocycles. The number of furan rings is 1. The van der Waals surface area contributed by atoms with Gasteiger partial charge in [0.1, 0.15) is 11.7 Å². The summed E-state index contributed by atoms with van der Waals surface area (Å²) in [6, 6.07) is 10.7. The minimum atomic E-state index is -0.896. The molecule has 9 nitrogen and oxygen atoms in total. The van der Waals surface area contributed by atoms with Gasteiger partial charge in [-0.2, -0.15) is 5.10 Å². The molecule has 0 radical (unpaired) electrons. The molecule has 9 heteroatoms. The summed E-state index contributed by atoms with van der Waals surface area (Å²) in [5, 5.41) is 17.4. The minimum absolute atomic E-state index is 0.0833. The lowest BCUT2D eigenvalue weighted by molar-refractivity contribution is -0.384. The van der Waals surface area contributed by atoms with Gasteiger partial charge in [-0.05, 0) is 37.3 Å². The van der Waals surface area contributed by atoms with Crippen molar-refractivity contribution in [3.8, 4) is 11.5 Å². The van der Waals surface area contributed by atoms with Gasteiger partial charge >= 0.3 is 0 Å². The highest BCUT2D eigenvalue weighted by atomic mass is 16.6. The number of nitro groups is 1. The Kier molecular flexibility index (Phi) is 4.61. The van der Waals surface area contributed by atoms with Crippen LogP contribution < -0.4 is 10.9 Å². The highest BCUT2D eigenvalue weighted by molar-refractivity contribution is 5.93. The molecule has 0 aliphatic heterocycles. The lowest BCUT2D eigenvalue weighted by Gasteiger charge is -2.14. The van der Waals surface area contributed by atoms with Crippen molar-refractivity contribution in [3.63, 3.8) is 0 Å². The van der Waals surface area contributed by atoms with E-state index < -0.39 is 22.4 Å². The van der Waals surface area contributed by atoms with Crippen LogP contribution in [0.4, 0.5) is 11.4 Å². The fraction of sp³-hybridized carbons (Fsp3) is 0.118. The van der Waals surface area contributed by atoms with Crippen molar-refractivity contribution in [3.05, 3.63) is 75.3 Å². The third-order valence-corrected chi connectivity index (χ3v) is 3.69. The zero-order valence-corrected chi connectivity index (χ0v) is 13.7. The van der Waals surface area contributed by atoms with Crippen molar-refractivity contribution in [2.75, 3.05) is 5.32 Å². The van der Waals surface area contributed by atoms with E-state index in [1.165, 1.54) is 49.6 Å². The molecule has 132 valence electrons. The molecule has 0 bridgehead atoms. The molecule has 0 spiro atoms. The molecule has 1 unspecified atom stereocenters. The van der Waals surface area contributed by atoms with Gasteiger partial charge in [0, 0.05) is 23.9 Å². The number of carbonyl (C=O) groups is 1. The maximum atomic E-state index is 12.4. The van der Waals surface area contributed by atoms with E-state index in [1.807, 2.05) is 0 Å². The van der Waals surface area contributed by atoms with E-state index in [0.717, 1.165) is 4.68 Å². The van der Waals surface area contributed by atoms with Gasteiger partial charge in [0.05, 0.1) is 11.2 Å². The number of nitrogens with one attached hydrogen (secondary N) is 1. The number of carbonyl (C=O) groups excluding carboxylic acids is 1. The summed E-state index contributed by atoms with van der Waals surface area (Å²) in [4.78, 5) is 34.6. The topological polar surface area (TPSA) is 120 Å². The molecule has 1 amide bonds. The number of amides is 1.